The first kappa shape index (κ1) is 26.8. The molecule has 0 radical (unpaired) electrons. The van der Waals surface area contributed by atoms with Gasteiger partial charge in [-0.25, -0.2) is 9.97 Å². The predicted molar refractivity (Wildman–Crippen MR) is 153 cm³/mol. The van der Waals surface area contributed by atoms with Crippen LogP contribution in [0.15, 0.2) is 66.7 Å². The van der Waals surface area contributed by atoms with E-state index in [0.29, 0.717) is 49.5 Å². The molecule has 38 heavy (non-hydrogen) atoms. The Morgan fingerprint density at radius 2 is 1.68 bits per heavy atom. The van der Waals surface area contributed by atoms with Crippen molar-refractivity contribution in [3.8, 4) is 28.3 Å². The summed E-state index contributed by atoms with van der Waals surface area (Å²) >= 11 is 25.0. The third-order valence-corrected chi connectivity index (χ3v) is 7.26. The summed E-state index contributed by atoms with van der Waals surface area (Å²) in [5.74, 6) is 0.262. The predicted octanol–water partition coefficient (Wildman–Crippen LogP) is 8.39. The third-order valence-electron chi connectivity index (χ3n) is 6.25. The number of nitrogens with zero attached hydrogens (tertiary/aromatic N) is 2. The SMILES string of the molecule is CC1(C)C[C@@H](NC(=O)Cc2cccc(Cl)n2)c2cc(-c3ccc(Cl)cc3)c(-c3ccc(Cl)cc3Cl)nc2O1. The first-order chi connectivity index (χ1) is 18.1. The van der Waals surface area contributed by atoms with Crippen LogP contribution in [0, 0.1) is 0 Å². The zero-order chi connectivity index (χ0) is 27.0. The first-order valence-electron chi connectivity index (χ1n) is 11.9. The minimum Gasteiger partial charge on any atom is -0.471 e. The Morgan fingerprint density at radius 1 is 0.947 bits per heavy atom. The Morgan fingerprint density at radius 3 is 2.39 bits per heavy atom. The second-order valence-corrected chi connectivity index (χ2v) is 11.4. The molecule has 2 aromatic carbocycles. The lowest BCUT2D eigenvalue weighted by Crippen LogP contribution is -2.42. The van der Waals surface area contributed by atoms with Crippen LogP contribution in [0.3, 0.4) is 0 Å². The molecule has 4 aromatic rings. The number of hydrogen-bond donors (Lipinski definition) is 1. The summed E-state index contributed by atoms with van der Waals surface area (Å²) in [5.41, 5.74) is 3.86. The van der Waals surface area contributed by atoms with E-state index in [2.05, 4.69) is 10.3 Å². The highest BCUT2D eigenvalue weighted by atomic mass is 35.5. The van der Waals surface area contributed by atoms with Crippen LogP contribution in [0.4, 0.5) is 0 Å². The van der Waals surface area contributed by atoms with E-state index in [9.17, 15) is 4.79 Å². The van der Waals surface area contributed by atoms with Crippen molar-refractivity contribution in [2.24, 2.45) is 0 Å². The van der Waals surface area contributed by atoms with Crippen molar-refractivity contribution in [3.63, 3.8) is 0 Å². The maximum absolute atomic E-state index is 13.1. The summed E-state index contributed by atoms with van der Waals surface area (Å²) < 4.78 is 6.32. The van der Waals surface area contributed by atoms with Crippen molar-refractivity contribution in [1.29, 1.82) is 0 Å². The summed E-state index contributed by atoms with van der Waals surface area (Å²) in [6.07, 6.45) is 0.654. The van der Waals surface area contributed by atoms with Crippen molar-refractivity contribution in [1.82, 2.24) is 15.3 Å². The molecule has 1 N–H and O–H groups in total. The Bertz CT molecular complexity index is 1520. The van der Waals surface area contributed by atoms with Crippen molar-refractivity contribution in [3.05, 3.63) is 98.2 Å². The standard InChI is InChI=1S/C29H23Cl4N3O2/c1-29(2)15-24(35-26(37)13-19-4-3-5-25(33)34-19)22-14-21(16-6-8-17(30)9-7-16)27(36-28(22)38-29)20-11-10-18(31)12-23(20)32/h3-12,14,24H,13,15H2,1-2H3,(H,35,37)/t24-/m1/s1. The van der Waals surface area contributed by atoms with Gasteiger partial charge in [-0.3, -0.25) is 4.79 Å². The normalized spacial score (nSPS) is 15.9. The number of ether oxygens (including phenoxy) is 1. The summed E-state index contributed by atoms with van der Waals surface area (Å²) in [7, 11) is 0. The Labute approximate surface area is 241 Å². The van der Waals surface area contributed by atoms with Crippen LogP contribution in [0.25, 0.3) is 22.4 Å². The van der Waals surface area contributed by atoms with Crippen molar-refractivity contribution >= 4 is 52.3 Å². The molecule has 0 saturated carbocycles. The van der Waals surface area contributed by atoms with Gasteiger partial charge in [0, 0.05) is 33.2 Å². The molecule has 1 aliphatic rings. The zero-order valence-corrected chi connectivity index (χ0v) is 23.6. The van der Waals surface area contributed by atoms with E-state index in [1.807, 2.05) is 50.2 Å². The van der Waals surface area contributed by atoms with Crippen LogP contribution in [0.2, 0.25) is 20.2 Å². The first-order valence-corrected chi connectivity index (χ1v) is 13.5. The molecule has 5 nitrogen and oxygen atoms in total. The monoisotopic (exact) mass is 585 g/mol. The minimum atomic E-state index is -0.574. The molecule has 1 aliphatic heterocycles. The Balaban J connectivity index is 1.60. The van der Waals surface area contributed by atoms with Crippen LogP contribution < -0.4 is 10.1 Å². The van der Waals surface area contributed by atoms with Crippen molar-refractivity contribution in [2.45, 2.75) is 38.3 Å². The van der Waals surface area contributed by atoms with Gasteiger partial charge < -0.3 is 10.1 Å². The molecule has 0 spiro atoms. The summed E-state index contributed by atoms with van der Waals surface area (Å²) in [5, 5.41) is 5.12. The fraction of sp³-hybridized carbons (Fsp3) is 0.207. The number of halogens is 4. The quantitative estimate of drug-likeness (QED) is 0.238. The van der Waals surface area contributed by atoms with E-state index in [-0.39, 0.29) is 18.4 Å². The number of hydrogen-bond acceptors (Lipinski definition) is 4. The highest BCUT2D eigenvalue weighted by Crippen LogP contribution is 2.45. The average Bonchev–Trinajstić information content (AvgIpc) is 2.83. The van der Waals surface area contributed by atoms with Crippen LogP contribution in [0.5, 0.6) is 5.88 Å². The highest BCUT2D eigenvalue weighted by molar-refractivity contribution is 6.36. The van der Waals surface area contributed by atoms with Gasteiger partial charge in [0.05, 0.1) is 28.9 Å². The number of fused-ring (bicyclic) bond motifs is 1. The fourth-order valence-electron chi connectivity index (χ4n) is 4.57. The van der Waals surface area contributed by atoms with E-state index in [4.69, 9.17) is 56.1 Å². The Hall–Kier alpha value is -2.83. The molecule has 194 valence electrons. The average molecular weight is 587 g/mol. The molecule has 5 rings (SSSR count). The van der Waals surface area contributed by atoms with E-state index >= 15 is 0 Å². The number of carbonyl (C=O) groups is 1. The molecule has 1 atom stereocenters. The summed E-state index contributed by atoms with van der Waals surface area (Å²) in [6.45, 7) is 3.94. The number of rotatable bonds is 5. The third kappa shape index (κ3) is 5.92. The topological polar surface area (TPSA) is 64.1 Å². The van der Waals surface area contributed by atoms with Gasteiger partial charge in [0.2, 0.25) is 11.8 Å². The number of amides is 1. The molecule has 0 unspecified atom stereocenters. The summed E-state index contributed by atoms with van der Waals surface area (Å²) in [4.78, 5) is 22.3. The lowest BCUT2D eigenvalue weighted by Gasteiger charge is -2.37. The van der Waals surface area contributed by atoms with Gasteiger partial charge in [0.1, 0.15) is 10.8 Å². The van der Waals surface area contributed by atoms with Gasteiger partial charge in [0.15, 0.2) is 0 Å². The number of nitrogens with one attached hydrogen (secondary N) is 1. The molecule has 2 aromatic heterocycles. The molecule has 0 aliphatic carbocycles. The maximum Gasteiger partial charge on any atom is 0.226 e. The molecule has 0 fully saturated rings. The molecule has 3 heterocycles. The van der Waals surface area contributed by atoms with Gasteiger partial charge >= 0.3 is 0 Å². The fourth-order valence-corrected chi connectivity index (χ4v) is 5.38. The minimum absolute atomic E-state index is 0.101. The number of carbonyl (C=O) groups excluding carboxylic acids is 1. The van der Waals surface area contributed by atoms with Crippen molar-refractivity contribution < 1.29 is 9.53 Å². The number of pyridine rings is 2. The maximum atomic E-state index is 13.1. The van der Waals surface area contributed by atoms with Crippen LogP contribution in [-0.2, 0) is 11.2 Å². The molecule has 0 bridgehead atoms. The van der Waals surface area contributed by atoms with E-state index in [1.165, 1.54) is 0 Å². The van der Waals surface area contributed by atoms with Crippen LogP contribution >= 0.6 is 46.4 Å². The van der Waals surface area contributed by atoms with Crippen LogP contribution in [-0.4, -0.2) is 21.5 Å². The van der Waals surface area contributed by atoms with E-state index < -0.39 is 5.60 Å². The second kappa shape index (κ2) is 10.7. The molecule has 0 saturated heterocycles. The van der Waals surface area contributed by atoms with Crippen molar-refractivity contribution in [2.75, 3.05) is 0 Å². The van der Waals surface area contributed by atoms with Gasteiger partial charge in [-0.05, 0) is 67.9 Å². The molecule has 1 amide bonds. The lowest BCUT2D eigenvalue weighted by atomic mass is 9.88. The van der Waals surface area contributed by atoms with E-state index in [0.717, 1.165) is 16.7 Å². The molecule has 9 heteroatoms. The largest absolute Gasteiger partial charge is 0.471 e. The Kier molecular flexibility index (Phi) is 7.56. The zero-order valence-electron chi connectivity index (χ0n) is 20.6. The van der Waals surface area contributed by atoms with E-state index in [1.54, 1.807) is 30.3 Å². The summed E-state index contributed by atoms with van der Waals surface area (Å²) in [6, 6.07) is 19.7. The number of benzene rings is 2. The smallest absolute Gasteiger partial charge is 0.226 e. The molecular formula is C29H23Cl4N3O2. The van der Waals surface area contributed by atoms with Gasteiger partial charge in [-0.1, -0.05) is 64.6 Å². The lowest BCUT2D eigenvalue weighted by molar-refractivity contribution is -0.121. The molecular weight excluding hydrogens is 564 g/mol. The van der Waals surface area contributed by atoms with Gasteiger partial charge in [-0.15, -0.1) is 0 Å². The van der Waals surface area contributed by atoms with Gasteiger partial charge in [0.25, 0.3) is 0 Å². The highest BCUT2D eigenvalue weighted by Gasteiger charge is 2.37. The number of aromatic nitrogens is 2. The van der Waals surface area contributed by atoms with Gasteiger partial charge in [-0.2, -0.15) is 0 Å². The van der Waals surface area contributed by atoms with Crippen LogP contribution in [0.1, 0.15) is 37.6 Å². The second-order valence-electron chi connectivity index (χ2n) is 9.72.